The number of likely N-dealkylation sites (N-methyl/N-ethyl adjacent to an activating group) is 1. The fraction of sp³-hybridized carbons (Fsp3) is 0.875. The molecule has 3 heteroatoms. The first-order valence-electron chi connectivity index (χ1n) is 3.93. The van der Waals surface area contributed by atoms with Gasteiger partial charge in [0.25, 0.3) is 0 Å². The van der Waals surface area contributed by atoms with Crippen molar-refractivity contribution >= 4 is 6.03 Å². The molecule has 0 aliphatic carbocycles. The molecule has 0 aromatic carbocycles. The Bertz CT molecular complexity index is 171. The maximum absolute atomic E-state index is 11.0. The van der Waals surface area contributed by atoms with Crippen LogP contribution in [0, 0.1) is 5.41 Å². The maximum Gasteiger partial charge on any atom is 0.317 e. The number of amides is 2. The Hall–Kier alpha value is -0.730. The molecule has 0 spiro atoms. The van der Waals surface area contributed by atoms with E-state index in [-0.39, 0.29) is 11.4 Å². The summed E-state index contributed by atoms with van der Waals surface area (Å²) in [4.78, 5) is 12.8. The average molecular weight is 156 g/mol. The van der Waals surface area contributed by atoms with Crippen molar-refractivity contribution in [2.45, 2.75) is 26.8 Å². The molecule has 1 rings (SSSR count). The van der Waals surface area contributed by atoms with Gasteiger partial charge in [0.2, 0.25) is 0 Å². The minimum Gasteiger partial charge on any atom is -0.333 e. The second-order valence-corrected chi connectivity index (χ2v) is 4.25. The Labute approximate surface area is 67.8 Å². The zero-order chi connectivity index (χ0) is 8.65. The average Bonchev–Trinajstić information content (AvgIpc) is 2.11. The van der Waals surface area contributed by atoms with Gasteiger partial charge in [-0.15, -0.1) is 0 Å². The lowest BCUT2D eigenvalue weighted by Gasteiger charge is -2.25. The highest BCUT2D eigenvalue weighted by atomic mass is 16.2. The highest BCUT2D eigenvalue weighted by Crippen LogP contribution is 2.22. The molecule has 0 saturated carbocycles. The quantitative estimate of drug-likeness (QED) is 0.558. The van der Waals surface area contributed by atoms with Crippen molar-refractivity contribution in [3.05, 3.63) is 0 Å². The van der Waals surface area contributed by atoms with Crippen LogP contribution in [0.1, 0.15) is 20.8 Å². The summed E-state index contributed by atoms with van der Waals surface area (Å²) in [5.41, 5.74) is 0.167. The van der Waals surface area contributed by atoms with Crippen LogP contribution in [0.25, 0.3) is 0 Å². The van der Waals surface area contributed by atoms with Gasteiger partial charge in [0, 0.05) is 13.6 Å². The summed E-state index contributed by atoms with van der Waals surface area (Å²) in [6.45, 7) is 7.23. The molecule has 2 amide bonds. The second kappa shape index (κ2) is 2.40. The Morgan fingerprint density at radius 1 is 1.55 bits per heavy atom. The van der Waals surface area contributed by atoms with E-state index in [4.69, 9.17) is 0 Å². The first-order valence-corrected chi connectivity index (χ1v) is 3.93. The summed E-state index contributed by atoms with van der Waals surface area (Å²) in [6, 6.07) is 0.338. The van der Waals surface area contributed by atoms with Gasteiger partial charge in [-0.25, -0.2) is 4.79 Å². The molecule has 11 heavy (non-hydrogen) atoms. The van der Waals surface area contributed by atoms with Gasteiger partial charge in [-0.1, -0.05) is 20.8 Å². The number of nitrogens with one attached hydrogen (secondary N) is 1. The summed E-state index contributed by atoms with van der Waals surface area (Å²) < 4.78 is 0. The molecular weight excluding hydrogens is 140 g/mol. The molecule has 1 aliphatic rings. The third-order valence-corrected chi connectivity index (χ3v) is 2.15. The Balaban J connectivity index is 2.61. The molecule has 0 bridgehead atoms. The third-order valence-electron chi connectivity index (χ3n) is 2.15. The lowest BCUT2D eigenvalue weighted by Crippen LogP contribution is -2.38. The number of nitrogens with zero attached hydrogens (tertiary/aromatic N) is 1. The Morgan fingerprint density at radius 3 is 2.27 bits per heavy atom. The van der Waals surface area contributed by atoms with Crippen molar-refractivity contribution in [2.24, 2.45) is 5.41 Å². The highest BCUT2D eigenvalue weighted by Gasteiger charge is 2.33. The number of rotatable bonds is 0. The van der Waals surface area contributed by atoms with Gasteiger partial charge in [-0.2, -0.15) is 0 Å². The molecule has 0 aromatic heterocycles. The summed E-state index contributed by atoms with van der Waals surface area (Å²) in [5, 5.41) is 2.93. The van der Waals surface area contributed by atoms with E-state index in [0.29, 0.717) is 6.04 Å². The van der Waals surface area contributed by atoms with E-state index in [1.807, 2.05) is 7.05 Å². The van der Waals surface area contributed by atoms with E-state index in [1.165, 1.54) is 0 Å². The topological polar surface area (TPSA) is 32.3 Å². The SMILES string of the molecule is CN1CC(C(C)(C)C)NC1=O. The van der Waals surface area contributed by atoms with Crippen LogP contribution in [0.15, 0.2) is 0 Å². The van der Waals surface area contributed by atoms with Gasteiger partial charge >= 0.3 is 6.03 Å². The van der Waals surface area contributed by atoms with E-state index in [9.17, 15) is 4.79 Å². The molecule has 1 aliphatic heterocycles. The zero-order valence-electron chi connectivity index (χ0n) is 7.64. The normalized spacial score (nSPS) is 25.6. The molecule has 1 saturated heterocycles. The van der Waals surface area contributed by atoms with Crippen LogP contribution in [0.2, 0.25) is 0 Å². The smallest absolute Gasteiger partial charge is 0.317 e. The van der Waals surface area contributed by atoms with Gasteiger partial charge in [0.15, 0.2) is 0 Å². The molecule has 0 aromatic rings. The monoisotopic (exact) mass is 156 g/mol. The number of carbonyl (C=O) groups is 1. The van der Waals surface area contributed by atoms with Crippen molar-refractivity contribution < 1.29 is 4.79 Å². The van der Waals surface area contributed by atoms with Crippen molar-refractivity contribution in [3.8, 4) is 0 Å². The van der Waals surface area contributed by atoms with Gasteiger partial charge in [0.1, 0.15) is 0 Å². The van der Waals surface area contributed by atoms with Crippen LogP contribution in [-0.4, -0.2) is 30.6 Å². The lowest BCUT2D eigenvalue weighted by atomic mass is 9.87. The molecule has 3 nitrogen and oxygen atoms in total. The number of urea groups is 1. The van der Waals surface area contributed by atoms with Crippen molar-refractivity contribution in [1.82, 2.24) is 10.2 Å². The Kier molecular flexibility index (Phi) is 1.82. The van der Waals surface area contributed by atoms with Crippen LogP contribution < -0.4 is 5.32 Å². The second-order valence-electron chi connectivity index (χ2n) is 4.25. The van der Waals surface area contributed by atoms with E-state index < -0.39 is 0 Å². The van der Waals surface area contributed by atoms with Crippen LogP contribution in [0.3, 0.4) is 0 Å². The molecule has 1 atom stereocenters. The number of hydrogen-bond acceptors (Lipinski definition) is 1. The molecule has 1 fully saturated rings. The highest BCUT2D eigenvalue weighted by molar-refractivity contribution is 5.76. The van der Waals surface area contributed by atoms with E-state index in [1.54, 1.807) is 4.90 Å². The Morgan fingerprint density at radius 2 is 2.09 bits per heavy atom. The predicted molar refractivity (Wildman–Crippen MR) is 44.4 cm³/mol. The minimum absolute atomic E-state index is 0.0462. The first kappa shape index (κ1) is 8.37. The van der Waals surface area contributed by atoms with Crippen LogP contribution >= 0.6 is 0 Å². The van der Waals surface area contributed by atoms with Gasteiger partial charge in [-0.3, -0.25) is 0 Å². The fourth-order valence-corrected chi connectivity index (χ4v) is 1.15. The minimum atomic E-state index is 0.0462. The first-order chi connectivity index (χ1) is 4.91. The van der Waals surface area contributed by atoms with Crippen molar-refractivity contribution in [3.63, 3.8) is 0 Å². The predicted octanol–water partition coefficient (Wildman–Crippen LogP) is 1.06. The van der Waals surface area contributed by atoms with Gasteiger partial charge in [0.05, 0.1) is 6.04 Å². The zero-order valence-corrected chi connectivity index (χ0v) is 7.64. The van der Waals surface area contributed by atoms with Gasteiger partial charge < -0.3 is 10.2 Å². The van der Waals surface area contributed by atoms with E-state index >= 15 is 0 Å². The van der Waals surface area contributed by atoms with Crippen LogP contribution in [-0.2, 0) is 0 Å². The summed E-state index contributed by atoms with van der Waals surface area (Å²) in [7, 11) is 1.82. The van der Waals surface area contributed by atoms with E-state index in [0.717, 1.165) is 6.54 Å². The van der Waals surface area contributed by atoms with Crippen molar-refractivity contribution in [2.75, 3.05) is 13.6 Å². The van der Waals surface area contributed by atoms with Crippen LogP contribution in [0.4, 0.5) is 4.79 Å². The fourth-order valence-electron chi connectivity index (χ4n) is 1.15. The largest absolute Gasteiger partial charge is 0.333 e. The molecule has 1 heterocycles. The summed E-state index contributed by atoms with van der Waals surface area (Å²) >= 11 is 0. The molecule has 1 unspecified atom stereocenters. The number of hydrogen-bond donors (Lipinski definition) is 1. The van der Waals surface area contributed by atoms with Crippen LogP contribution in [0.5, 0.6) is 0 Å². The van der Waals surface area contributed by atoms with Gasteiger partial charge in [-0.05, 0) is 5.41 Å². The van der Waals surface area contributed by atoms with E-state index in [2.05, 4.69) is 26.1 Å². The standard InChI is InChI=1S/C8H16N2O/c1-8(2,3)6-5-10(4)7(11)9-6/h6H,5H2,1-4H3,(H,9,11). The molecule has 64 valence electrons. The third kappa shape index (κ3) is 1.64. The maximum atomic E-state index is 11.0. The number of carbonyl (C=O) groups excluding carboxylic acids is 1. The molecule has 1 N–H and O–H groups in total. The molecule has 0 radical (unpaired) electrons. The lowest BCUT2D eigenvalue weighted by molar-refractivity contribution is 0.225. The van der Waals surface area contributed by atoms with Crippen molar-refractivity contribution in [1.29, 1.82) is 0 Å². The summed E-state index contributed by atoms with van der Waals surface area (Å²) in [5.74, 6) is 0. The summed E-state index contributed by atoms with van der Waals surface area (Å²) in [6.07, 6.45) is 0. The molecular formula is C8H16N2O.